The van der Waals surface area contributed by atoms with Crippen molar-refractivity contribution in [1.82, 2.24) is 14.7 Å². The molecule has 1 unspecified atom stereocenters. The van der Waals surface area contributed by atoms with Gasteiger partial charge < -0.3 is 4.74 Å². The molecule has 0 spiro atoms. The molecule has 1 fully saturated rings. The van der Waals surface area contributed by atoms with Gasteiger partial charge in [-0.15, -0.1) is 0 Å². The third kappa shape index (κ3) is 3.13. The number of rotatable bonds is 5. The fourth-order valence-corrected chi connectivity index (χ4v) is 2.58. The summed E-state index contributed by atoms with van der Waals surface area (Å²) in [7, 11) is -3.60. The van der Waals surface area contributed by atoms with Crippen LogP contribution in [0.25, 0.3) is 0 Å². The molecule has 1 aromatic rings. The lowest BCUT2D eigenvalue weighted by atomic mass is 10.2. The van der Waals surface area contributed by atoms with Crippen LogP contribution in [0.3, 0.4) is 0 Å². The molecule has 1 aliphatic heterocycles. The molecule has 0 bridgehead atoms. The number of sulfonamides is 1. The van der Waals surface area contributed by atoms with Crippen LogP contribution in [-0.2, 0) is 14.8 Å². The molecule has 0 radical (unpaired) electrons. The molecule has 0 saturated carbocycles. The fraction of sp³-hybridized carbons (Fsp3) is 0.556. The van der Waals surface area contributed by atoms with Crippen LogP contribution in [0.5, 0.6) is 0 Å². The van der Waals surface area contributed by atoms with Crippen LogP contribution >= 0.6 is 0 Å². The number of hydrazine groups is 1. The Hall–Kier alpha value is -1.29. The topological polar surface area (TPSA) is 119 Å². The molecule has 100 valence electrons. The van der Waals surface area contributed by atoms with Crippen LogP contribution in [0, 0.1) is 0 Å². The van der Waals surface area contributed by atoms with Crippen LogP contribution in [-0.4, -0.2) is 37.6 Å². The molecule has 0 amide bonds. The second-order valence-electron chi connectivity index (χ2n) is 3.87. The summed E-state index contributed by atoms with van der Waals surface area (Å²) in [6.45, 7) is 0.950. The number of nitrogens with two attached hydrogens (primary N) is 1. The zero-order chi connectivity index (χ0) is 13.0. The predicted octanol–water partition coefficient (Wildman–Crippen LogP) is -0.781. The molecule has 1 aromatic heterocycles. The lowest BCUT2D eigenvalue weighted by molar-refractivity contribution is 0.114. The number of ether oxygens (including phenoxy) is 1. The largest absolute Gasteiger partial charge is 0.377 e. The average molecular weight is 273 g/mol. The Morgan fingerprint density at radius 1 is 1.44 bits per heavy atom. The van der Waals surface area contributed by atoms with Crippen molar-refractivity contribution in [3.8, 4) is 0 Å². The van der Waals surface area contributed by atoms with Crippen molar-refractivity contribution in [2.24, 2.45) is 5.84 Å². The Morgan fingerprint density at radius 3 is 2.72 bits per heavy atom. The molecular formula is C9H15N5O3S. The number of anilines is 1. The summed E-state index contributed by atoms with van der Waals surface area (Å²) in [6, 6.07) is 0. The van der Waals surface area contributed by atoms with E-state index in [1.54, 1.807) is 0 Å². The summed E-state index contributed by atoms with van der Waals surface area (Å²) in [5, 5.41) is 0. The summed E-state index contributed by atoms with van der Waals surface area (Å²) >= 11 is 0. The summed E-state index contributed by atoms with van der Waals surface area (Å²) in [6.07, 6.45) is 4.17. The van der Waals surface area contributed by atoms with Gasteiger partial charge in [-0.05, 0) is 12.8 Å². The van der Waals surface area contributed by atoms with E-state index < -0.39 is 10.0 Å². The zero-order valence-electron chi connectivity index (χ0n) is 9.67. The van der Waals surface area contributed by atoms with Crippen molar-refractivity contribution in [3.05, 3.63) is 12.4 Å². The minimum absolute atomic E-state index is 0.000466. The number of nitrogens with one attached hydrogen (secondary N) is 2. The SMILES string of the molecule is NNc1ncc(S(=O)(=O)NCC2CCCO2)cn1. The van der Waals surface area contributed by atoms with Gasteiger partial charge in [-0.1, -0.05) is 0 Å². The molecule has 2 rings (SSSR count). The van der Waals surface area contributed by atoms with E-state index in [1.165, 1.54) is 12.4 Å². The molecule has 1 atom stereocenters. The molecule has 2 heterocycles. The summed E-state index contributed by atoms with van der Waals surface area (Å²) in [5.41, 5.74) is 2.22. The number of nitrogens with zero attached hydrogens (tertiary/aromatic N) is 2. The molecule has 18 heavy (non-hydrogen) atoms. The molecule has 0 aromatic carbocycles. The van der Waals surface area contributed by atoms with E-state index in [9.17, 15) is 8.42 Å². The smallest absolute Gasteiger partial charge is 0.243 e. The van der Waals surface area contributed by atoms with Crippen LogP contribution in [0.15, 0.2) is 17.3 Å². The highest BCUT2D eigenvalue weighted by Gasteiger charge is 2.20. The Bertz CT molecular complexity index is 483. The highest BCUT2D eigenvalue weighted by molar-refractivity contribution is 7.89. The van der Waals surface area contributed by atoms with Crippen molar-refractivity contribution in [2.45, 2.75) is 23.8 Å². The standard InChI is InChI=1S/C9H15N5O3S/c10-14-9-11-5-8(6-12-9)18(15,16)13-4-7-2-1-3-17-7/h5-7,13H,1-4,10H2,(H,11,12,14). The highest BCUT2D eigenvalue weighted by Crippen LogP contribution is 2.12. The lowest BCUT2D eigenvalue weighted by Crippen LogP contribution is -2.32. The van der Waals surface area contributed by atoms with E-state index in [0.717, 1.165) is 12.8 Å². The normalized spacial score (nSPS) is 19.9. The van der Waals surface area contributed by atoms with Crippen LogP contribution < -0.4 is 16.0 Å². The van der Waals surface area contributed by atoms with Gasteiger partial charge in [-0.2, -0.15) is 0 Å². The van der Waals surface area contributed by atoms with Gasteiger partial charge >= 0.3 is 0 Å². The number of hydrogen-bond acceptors (Lipinski definition) is 7. The van der Waals surface area contributed by atoms with E-state index >= 15 is 0 Å². The van der Waals surface area contributed by atoms with Gasteiger partial charge in [-0.25, -0.2) is 29.0 Å². The monoisotopic (exact) mass is 273 g/mol. The van der Waals surface area contributed by atoms with Gasteiger partial charge in [0.2, 0.25) is 16.0 Å². The minimum Gasteiger partial charge on any atom is -0.377 e. The fourth-order valence-electron chi connectivity index (χ4n) is 1.62. The van der Waals surface area contributed by atoms with Crippen LogP contribution in [0.1, 0.15) is 12.8 Å². The Balaban J connectivity index is 2.00. The second-order valence-corrected chi connectivity index (χ2v) is 5.64. The van der Waals surface area contributed by atoms with Crippen molar-refractivity contribution < 1.29 is 13.2 Å². The van der Waals surface area contributed by atoms with Gasteiger partial charge in [0, 0.05) is 13.2 Å². The first-order valence-electron chi connectivity index (χ1n) is 5.52. The first kappa shape index (κ1) is 13.1. The van der Waals surface area contributed by atoms with Crippen LogP contribution in [0.2, 0.25) is 0 Å². The van der Waals surface area contributed by atoms with Gasteiger partial charge in [0.25, 0.3) is 0 Å². The van der Waals surface area contributed by atoms with Gasteiger partial charge in [-0.3, -0.25) is 5.43 Å². The lowest BCUT2D eigenvalue weighted by Gasteiger charge is -2.11. The minimum atomic E-state index is -3.60. The van der Waals surface area contributed by atoms with Crippen molar-refractivity contribution >= 4 is 16.0 Å². The summed E-state index contributed by atoms with van der Waals surface area (Å²) in [4.78, 5) is 7.49. The number of hydrogen-bond donors (Lipinski definition) is 3. The van der Waals surface area contributed by atoms with Gasteiger partial charge in [0.1, 0.15) is 4.90 Å². The average Bonchev–Trinajstić information content (AvgIpc) is 2.90. The van der Waals surface area contributed by atoms with E-state index in [0.29, 0.717) is 6.61 Å². The Labute approximate surface area is 105 Å². The zero-order valence-corrected chi connectivity index (χ0v) is 10.5. The van der Waals surface area contributed by atoms with Crippen LogP contribution in [0.4, 0.5) is 5.95 Å². The molecule has 1 saturated heterocycles. The third-order valence-electron chi connectivity index (χ3n) is 2.59. The first-order chi connectivity index (χ1) is 8.62. The van der Waals surface area contributed by atoms with E-state index in [-0.39, 0.29) is 23.5 Å². The Morgan fingerprint density at radius 2 is 2.17 bits per heavy atom. The van der Waals surface area contributed by atoms with E-state index in [1.807, 2.05) is 0 Å². The molecular weight excluding hydrogens is 258 g/mol. The van der Waals surface area contributed by atoms with E-state index in [2.05, 4.69) is 20.1 Å². The maximum Gasteiger partial charge on any atom is 0.243 e. The Kier molecular flexibility index (Phi) is 4.07. The second kappa shape index (κ2) is 5.57. The molecule has 4 N–H and O–H groups in total. The van der Waals surface area contributed by atoms with Gasteiger partial charge in [0.05, 0.1) is 18.5 Å². The summed E-state index contributed by atoms with van der Waals surface area (Å²) < 4.78 is 31.6. The third-order valence-corrected chi connectivity index (χ3v) is 3.97. The maximum atomic E-state index is 11.9. The quantitative estimate of drug-likeness (QED) is 0.475. The van der Waals surface area contributed by atoms with Crippen molar-refractivity contribution in [2.75, 3.05) is 18.6 Å². The summed E-state index contributed by atoms with van der Waals surface area (Å²) in [5.74, 6) is 5.25. The van der Waals surface area contributed by atoms with Crippen molar-refractivity contribution in [1.29, 1.82) is 0 Å². The van der Waals surface area contributed by atoms with Crippen molar-refractivity contribution in [3.63, 3.8) is 0 Å². The number of nitrogen functional groups attached to an aromatic ring is 1. The van der Waals surface area contributed by atoms with E-state index in [4.69, 9.17) is 10.6 Å². The number of aromatic nitrogens is 2. The highest BCUT2D eigenvalue weighted by atomic mass is 32.2. The first-order valence-corrected chi connectivity index (χ1v) is 7.00. The molecule has 0 aliphatic carbocycles. The molecule has 9 heteroatoms. The molecule has 1 aliphatic rings. The maximum absolute atomic E-state index is 11.9. The predicted molar refractivity (Wildman–Crippen MR) is 64.0 cm³/mol. The van der Waals surface area contributed by atoms with Gasteiger partial charge in [0.15, 0.2) is 0 Å². The molecule has 8 nitrogen and oxygen atoms in total.